The summed E-state index contributed by atoms with van der Waals surface area (Å²) in [4.78, 5) is 2.82. The monoisotopic (exact) mass is 252 g/mol. The average Bonchev–Trinajstić information content (AvgIpc) is 2.43. The van der Waals surface area contributed by atoms with Crippen molar-refractivity contribution in [2.45, 2.75) is 83.8 Å². The third kappa shape index (κ3) is 3.48. The van der Waals surface area contributed by atoms with Gasteiger partial charge in [0.2, 0.25) is 0 Å². The summed E-state index contributed by atoms with van der Waals surface area (Å²) >= 11 is 0. The molecular formula is C16H32N2. The third-order valence-corrected chi connectivity index (χ3v) is 5.23. The molecule has 4 atom stereocenters. The van der Waals surface area contributed by atoms with E-state index in [9.17, 15) is 0 Å². The molecule has 0 aromatic carbocycles. The van der Waals surface area contributed by atoms with E-state index in [0.29, 0.717) is 12.1 Å². The van der Waals surface area contributed by atoms with Crippen LogP contribution >= 0.6 is 0 Å². The average molecular weight is 252 g/mol. The van der Waals surface area contributed by atoms with E-state index < -0.39 is 0 Å². The van der Waals surface area contributed by atoms with Crippen LogP contribution in [0.3, 0.4) is 0 Å². The van der Waals surface area contributed by atoms with Gasteiger partial charge in [-0.3, -0.25) is 4.90 Å². The van der Waals surface area contributed by atoms with Crippen LogP contribution in [-0.4, -0.2) is 36.1 Å². The van der Waals surface area contributed by atoms with Crippen molar-refractivity contribution in [3.63, 3.8) is 0 Å². The van der Waals surface area contributed by atoms with E-state index >= 15 is 0 Å². The Bertz CT molecular complexity index is 239. The number of nitrogens with one attached hydrogen (secondary N) is 1. The fourth-order valence-electron chi connectivity index (χ4n) is 3.84. The van der Waals surface area contributed by atoms with E-state index in [2.05, 4.69) is 31.0 Å². The van der Waals surface area contributed by atoms with Gasteiger partial charge in [0.05, 0.1) is 0 Å². The Morgan fingerprint density at radius 1 is 1.11 bits per heavy atom. The number of hydrogen-bond acceptors (Lipinski definition) is 2. The molecule has 0 aromatic rings. The van der Waals surface area contributed by atoms with Crippen LogP contribution in [0.4, 0.5) is 0 Å². The van der Waals surface area contributed by atoms with E-state index in [0.717, 1.165) is 18.5 Å². The predicted octanol–water partition coefficient (Wildman–Crippen LogP) is 3.42. The molecule has 106 valence electrons. The summed E-state index contributed by atoms with van der Waals surface area (Å²) in [5.74, 6) is 1.01. The molecule has 2 heteroatoms. The standard InChI is InChI=1S/C16H32N2/c1-4-13(2)17-12-14(3)18-11-7-9-15-8-5-6-10-16(15)18/h13-17H,4-12H2,1-3H3. The van der Waals surface area contributed by atoms with Gasteiger partial charge in [0.1, 0.15) is 0 Å². The van der Waals surface area contributed by atoms with Gasteiger partial charge in [0, 0.05) is 24.7 Å². The van der Waals surface area contributed by atoms with Crippen LogP contribution in [-0.2, 0) is 0 Å². The molecule has 1 aliphatic carbocycles. The lowest BCUT2D eigenvalue weighted by Crippen LogP contribution is -2.53. The van der Waals surface area contributed by atoms with Crippen LogP contribution in [0.5, 0.6) is 0 Å². The van der Waals surface area contributed by atoms with Crippen molar-refractivity contribution in [1.82, 2.24) is 10.2 Å². The first kappa shape index (κ1) is 14.3. The van der Waals surface area contributed by atoms with Gasteiger partial charge < -0.3 is 5.32 Å². The fourth-order valence-corrected chi connectivity index (χ4v) is 3.84. The first-order valence-corrected chi connectivity index (χ1v) is 8.21. The van der Waals surface area contributed by atoms with Crippen LogP contribution in [0.1, 0.15) is 65.7 Å². The zero-order valence-electron chi connectivity index (χ0n) is 12.6. The Morgan fingerprint density at radius 3 is 2.61 bits per heavy atom. The Kier molecular flexibility index (Phi) is 5.50. The third-order valence-electron chi connectivity index (χ3n) is 5.23. The number of rotatable bonds is 5. The fraction of sp³-hybridized carbons (Fsp3) is 1.00. The molecular weight excluding hydrogens is 220 g/mol. The maximum absolute atomic E-state index is 3.68. The maximum Gasteiger partial charge on any atom is 0.0195 e. The zero-order valence-corrected chi connectivity index (χ0v) is 12.6. The van der Waals surface area contributed by atoms with Gasteiger partial charge in [-0.05, 0) is 58.4 Å². The van der Waals surface area contributed by atoms with Crippen molar-refractivity contribution in [3.05, 3.63) is 0 Å². The normalized spacial score (nSPS) is 32.8. The lowest BCUT2D eigenvalue weighted by molar-refractivity contribution is 0.0308. The molecule has 2 fully saturated rings. The summed E-state index contributed by atoms with van der Waals surface area (Å²) in [5.41, 5.74) is 0. The highest BCUT2D eigenvalue weighted by atomic mass is 15.2. The molecule has 4 unspecified atom stereocenters. The zero-order chi connectivity index (χ0) is 13.0. The minimum Gasteiger partial charge on any atom is -0.313 e. The molecule has 2 nitrogen and oxygen atoms in total. The first-order chi connectivity index (χ1) is 8.72. The van der Waals surface area contributed by atoms with E-state index in [1.54, 1.807) is 0 Å². The number of fused-ring (bicyclic) bond motifs is 1. The van der Waals surface area contributed by atoms with Crippen molar-refractivity contribution >= 4 is 0 Å². The second-order valence-electron chi connectivity index (χ2n) is 6.56. The molecule has 0 amide bonds. The molecule has 0 aromatic heterocycles. The van der Waals surface area contributed by atoms with Crippen LogP contribution in [0.25, 0.3) is 0 Å². The van der Waals surface area contributed by atoms with Crippen molar-refractivity contribution in [1.29, 1.82) is 0 Å². The molecule has 0 radical (unpaired) electrons. The largest absolute Gasteiger partial charge is 0.313 e. The summed E-state index contributed by atoms with van der Waals surface area (Å²) < 4.78 is 0. The van der Waals surface area contributed by atoms with Gasteiger partial charge >= 0.3 is 0 Å². The van der Waals surface area contributed by atoms with Crippen LogP contribution < -0.4 is 5.32 Å². The molecule has 1 saturated carbocycles. The second kappa shape index (κ2) is 6.91. The lowest BCUT2D eigenvalue weighted by atomic mass is 9.78. The van der Waals surface area contributed by atoms with E-state index in [1.807, 2.05) is 0 Å². The quantitative estimate of drug-likeness (QED) is 0.806. The van der Waals surface area contributed by atoms with Crippen LogP contribution in [0, 0.1) is 5.92 Å². The predicted molar refractivity (Wildman–Crippen MR) is 78.9 cm³/mol. The SMILES string of the molecule is CCC(C)NCC(C)N1CCCC2CCCCC21. The maximum atomic E-state index is 3.68. The smallest absolute Gasteiger partial charge is 0.0195 e. The molecule has 1 N–H and O–H groups in total. The van der Waals surface area contributed by atoms with Crippen molar-refractivity contribution in [3.8, 4) is 0 Å². The number of hydrogen-bond donors (Lipinski definition) is 1. The summed E-state index contributed by atoms with van der Waals surface area (Å²) in [6.07, 6.45) is 10.0. The summed E-state index contributed by atoms with van der Waals surface area (Å²) in [6, 6.07) is 2.28. The molecule has 2 rings (SSSR count). The minimum atomic E-state index is 0.666. The van der Waals surface area contributed by atoms with Gasteiger partial charge in [-0.15, -0.1) is 0 Å². The minimum absolute atomic E-state index is 0.666. The molecule has 0 bridgehead atoms. The van der Waals surface area contributed by atoms with Gasteiger partial charge in [-0.2, -0.15) is 0 Å². The molecule has 1 aliphatic heterocycles. The first-order valence-electron chi connectivity index (χ1n) is 8.21. The van der Waals surface area contributed by atoms with Gasteiger partial charge in [0.15, 0.2) is 0 Å². The van der Waals surface area contributed by atoms with Crippen LogP contribution in [0.15, 0.2) is 0 Å². The molecule has 1 saturated heterocycles. The number of piperidine rings is 1. The molecule has 18 heavy (non-hydrogen) atoms. The van der Waals surface area contributed by atoms with Gasteiger partial charge in [-0.1, -0.05) is 19.8 Å². The Hall–Kier alpha value is -0.0800. The van der Waals surface area contributed by atoms with Crippen LogP contribution in [0.2, 0.25) is 0 Å². The highest BCUT2D eigenvalue weighted by Gasteiger charge is 2.35. The molecule has 1 heterocycles. The van der Waals surface area contributed by atoms with Crippen molar-refractivity contribution < 1.29 is 0 Å². The van der Waals surface area contributed by atoms with E-state index in [4.69, 9.17) is 0 Å². The van der Waals surface area contributed by atoms with Crippen molar-refractivity contribution in [2.24, 2.45) is 5.92 Å². The Morgan fingerprint density at radius 2 is 1.83 bits per heavy atom. The van der Waals surface area contributed by atoms with E-state index in [1.165, 1.54) is 51.5 Å². The molecule has 2 aliphatic rings. The topological polar surface area (TPSA) is 15.3 Å². The van der Waals surface area contributed by atoms with Crippen molar-refractivity contribution in [2.75, 3.05) is 13.1 Å². The summed E-state index contributed by atoms with van der Waals surface area (Å²) in [6.45, 7) is 9.49. The Labute approximate surface area is 114 Å². The van der Waals surface area contributed by atoms with Gasteiger partial charge in [0.25, 0.3) is 0 Å². The molecule has 0 spiro atoms. The Balaban J connectivity index is 1.85. The lowest BCUT2D eigenvalue weighted by Gasteiger charge is -2.47. The summed E-state index contributed by atoms with van der Waals surface area (Å²) in [7, 11) is 0. The second-order valence-corrected chi connectivity index (χ2v) is 6.56. The van der Waals surface area contributed by atoms with E-state index in [-0.39, 0.29) is 0 Å². The number of likely N-dealkylation sites (tertiary alicyclic amines) is 1. The van der Waals surface area contributed by atoms with Gasteiger partial charge in [-0.25, -0.2) is 0 Å². The summed E-state index contributed by atoms with van der Waals surface area (Å²) in [5, 5.41) is 3.68. The highest BCUT2D eigenvalue weighted by molar-refractivity contribution is 4.90. The highest BCUT2D eigenvalue weighted by Crippen LogP contribution is 2.36. The number of nitrogens with zero attached hydrogens (tertiary/aromatic N) is 1.